The normalized spacial score (nSPS) is 18.1. The maximum Gasteiger partial charge on any atom is 0.564 e. The average Bonchev–Trinajstić information content (AvgIpc) is 2.64. The topological polar surface area (TPSA) is 55.1 Å². The minimum atomic E-state index is -0.589. The molecule has 0 unspecified atom stereocenters. The first-order valence-corrected chi connectivity index (χ1v) is 6.17. The molecule has 4 nitrogen and oxygen atoms in total. The summed E-state index contributed by atoms with van der Waals surface area (Å²) in [5.74, 6) is 0.599. The van der Waals surface area contributed by atoms with Gasteiger partial charge in [0, 0.05) is 17.9 Å². The zero-order chi connectivity index (χ0) is 14.3. The lowest BCUT2D eigenvalue weighted by molar-refractivity contribution is 0.173. The van der Waals surface area contributed by atoms with E-state index >= 15 is 0 Å². The van der Waals surface area contributed by atoms with E-state index in [1.807, 2.05) is 33.8 Å². The zero-order valence-electron chi connectivity index (χ0n) is 11.7. The summed E-state index contributed by atoms with van der Waals surface area (Å²) in [6.07, 6.45) is 3.39. The second-order valence-electron chi connectivity index (χ2n) is 5.74. The highest BCUT2D eigenvalue weighted by Crippen LogP contribution is 2.29. The molecule has 0 bridgehead atoms. The van der Waals surface area contributed by atoms with E-state index in [1.54, 1.807) is 12.4 Å². The van der Waals surface area contributed by atoms with Crippen molar-refractivity contribution in [3.8, 4) is 6.07 Å². The molecule has 1 aromatic heterocycles. The molecule has 1 aromatic rings. The summed E-state index contributed by atoms with van der Waals surface area (Å²) in [4.78, 5) is 4.18. The Morgan fingerprint density at radius 1 is 1.42 bits per heavy atom. The first-order valence-electron chi connectivity index (χ1n) is 6.17. The SMILES string of the molecule is C=C1OB(c2cncc(C(C)(C)C#N)c2)OC1(C)C. The third-order valence-electron chi connectivity index (χ3n) is 3.36. The predicted octanol–water partition coefficient (Wildman–Crippen LogP) is 1.92. The van der Waals surface area contributed by atoms with E-state index in [2.05, 4.69) is 17.6 Å². The summed E-state index contributed by atoms with van der Waals surface area (Å²) in [5, 5.41) is 9.17. The van der Waals surface area contributed by atoms with Crippen molar-refractivity contribution in [2.24, 2.45) is 0 Å². The molecule has 1 aliphatic rings. The van der Waals surface area contributed by atoms with E-state index in [9.17, 15) is 5.26 Å². The van der Waals surface area contributed by atoms with E-state index < -0.39 is 18.1 Å². The quantitative estimate of drug-likeness (QED) is 0.758. The third kappa shape index (κ3) is 2.49. The highest BCUT2D eigenvalue weighted by atomic mass is 16.7. The molecule has 1 saturated heterocycles. The fraction of sp³-hybridized carbons (Fsp3) is 0.429. The van der Waals surface area contributed by atoms with Gasteiger partial charge in [-0.25, -0.2) is 0 Å². The Balaban J connectivity index is 2.32. The third-order valence-corrected chi connectivity index (χ3v) is 3.36. The van der Waals surface area contributed by atoms with Crippen LogP contribution in [0, 0.1) is 11.3 Å². The summed E-state index contributed by atoms with van der Waals surface area (Å²) in [7, 11) is -0.510. The molecule has 0 spiro atoms. The van der Waals surface area contributed by atoms with Gasteiger partial charge in [-0.3, -0.25) is 4.98 Å². The van der Waals surface area contributed by atoms with Crippen LogP contribution in [0.5, 0.6) is 0 Å². The van der Waals surface area contributed by atoms with Gasteiger partial charge in [-0.2, -0.15) is 5.26 Å². The molecular formula is C14H17BN2O2. The Hall–Kier alpha value is -1.80. The van der Waals surface area contributed by atoms with Gasteiger partial charge in [-0.1, -0.05) is 12.6 Å². The van der Waals surface area contributed by atoms with Crippen molar-refractivity contribution in [1.29, 1.82) is 5.26 Å². The average molecular weight is 256 g/mol. The highest BCUT2D eigenvalue weighted by molar-refractivity contribution is 6.62. The maximum atomic E-state index is 9.17. The van der Waals surface area contributed by atoms with Crippen molar-refractivity contribution in [1.82, 2.24) is 4.98 Å². The van der Waals surface area contributed by atoms with Crippen LogP contribution in [-0.2, 0) is 14.7 Å². The highest BCUT2D eigenvalue weighted by Gasteiger charge is 2.43. The number of pyridine rings is 1. The van der Waals surface area contributed by atoms with Gasteiger partial charge in [0.1, 0.15) is 5.60 Å². The first-order chi connectivity index (χ1) is 8.76. The Labute approximate surface area is 114 Å². The van der Waals surface area contributed by atoms with E-state index in [0.717, 1.165) is 11.0 Å². The molecule has 5 heteroatoms. The molecular weight excluding hydrogens is 239 g/mol. The Morgan fingerprint density at radius 3 is 2.63 bits per heavy atom. The Kier molecular flexibility index (Phi) is 3.15. The van der Waals surface area contributed by atoms with Gasteiger partial charge >= 0.3 is 7.12 Å². The van der Waals surface area contributed by atoms with Gasteiger partial charge in [0.05, 0.1) is 17.2 Å². The van der Waals surface area contributed by atoms with Crippen LogP contribution in [0.4, 0.5) is 0 Å². The lowest BCUT2D eigenvalue weighted by Gasteiger charge is -2.17. The number of aromatic nitrogens is 1. The van der Waals surface area contributed by atoms with Crippen LogP contribution in [0.3, 0.4) is 0 Å². The molecule has 19 heavy (non-hydrogen) atoms. The van der Waals surface area contributed by atoms with Crippen molar-refractivity contribution < 1.29 is 9.31 Å². The number of hydrogen-bond acceptors (Lipinski definition) is 4. The van der Waals surface area contributed by atoms with Crippen molar-refractivity contribution in [2.75, 3.05) is 0 Å². The fourth-order valence-corrected chi connectivity index (χ4v) is 1.76. The fourth-order valence-electron chi connectivity index (χ4n) is 1.76. The lowest BCUT2D eigenvalue weighted by Crippen LogP contribution is -2.35. The summed E-state index contributed by atoms with van der Waals surface area (Å²) in [6, 6.07) is 4.16. The van der Waals surface area contributed by atoms with E-state index in [0.29, 0.717) is 5.76 Å². The number of hydrogen-bond donors (Lipinski definition) is 0. The van der Waals surface area contributed by atoms with Crippen LogP contribution in [0.2, 0.25) is 0 Å². The zero-order valence-corrected chi connectivity index (χ0v) is 11.7. The molecule has 98 valence electrons. The molecule has 2 heterocycles. The number of nitriles is 1. The van der Waals surface area contributed by atoms with Gasteiger partial charge < -0.3 is 9.31 Å². The van der Waals surface area contributed by atoms with Gasteiger partial charge in [0.2, 0.25) is 0 Å². The van der Waals surface area contributed by atoms with E-state index in [1.165, 1.54) is 0 Å². The molecule has 2 rings (SSSR count). The molecule has 0 amide bonds. The first kappa shape index (κ1) is 13.6. The summed E-state index contributed by atoms with van der Waals surface area (Å²) in [6.45, 7) is 11.4. The summed E-state index contributed by atoms with van der Waals surface area (Å²) in [5.41, 5.74) is 0.544. The molecule has 0 aromatic carbocycles. The largest absolute Gasteiger partial charge is 0.564 e. The second-order valence-corrected chi connectivity index (χ2v) is 5.74. The number of nitrogens with zero attached hydrogens (tertiary/aromatic N) is 2. The molecule has 1 fully saturated rings. The van der Waals surface area contributed by atoms with Gasteiger partial charge in [-0.05, 0) is 33.3 Å². The van der Waals surface area contributed by atoms with Crippen LogP contribution < -0.4 is 5.46 Å². The van der Waals surface area contributed by atoms with Crippen LogP contribution in [0.15, 0.2) is 30.8 Å². The molecule has 0 radical (unpaired) electrons. The van der Waals surface area contributed by atoms with Crippen molar-refractivity contribution in [3.63, 3.8) is 0 Å². The second kappa shape index (κ2) is 4.39. The minimum absolute atomic E-state index is 0.509. The predicted molar refractivity (Wildman–Crippen MR) is 73.7 cm³/mol. The van der Waals surface area contributed by atoms with Crippen LogP contribution in [-0.4, -0.2) is 17.7 Å². The Bertz CT molecular complexity index is 561. The molecule has 0 N–H and O–H groups in total. The van der Waals surface area contributed by atoms with Crippen molar-refractivity contribution >= 4 is 12.6 Å². The van der Waals surface area contributed by atoms with Crippen molar-refractivity contribution in [2.45, 2.75) is 38.7 Å². The van der Waals surface area contributed by atoms with Crippen LogP contribution >= 0.6 is 0 Å². The smallest absolute Gasteiger partial charge is 0.534 e. The van der Waals surface area contributed by atoms with Crippen LogP contribution in [0.25, 0.3) is 0 Å². The molecule has 1 aliphatic heterocycles. The standard InChI is InChI=1S/C14H17BN2O2/c1-10-14(4,5)19-15(18-10)12-6-11(7-17-8-12)13(2,3)9-16/h6-8H,1H2,2-5H3. The molecule has 0 atom stereocenters. The molecule has 0 saturated carbocycles. The van der Waals surface area contributed by atoms with Gasteiger partial charge in [-0.15, -0.1) is 0 Å². The Morgan fingerprint density at radius 2 is 2.11 bits per heavy atom. The van der Waals surface area contributed by atoms with Gasteiger partial charge in [0.25, 0.3) is 0 Å². The van der Waals surface area contributed by atoms with E-state index in [-0.39, 0.29) is 0 Å². The maximum absolute atomic E-state index is 9.17. The summed E-state index contributed by atoms with van der Waals surface area (Å²) < 4.78 is 11.4. The monoisotopic (exact) mass is 256 g/mol. The lowest BCUT2D eigenvalue weighted by atomic mass is 9.77. The van der Waals surface area contributed by atoms with Gasteiger partial charge in [0.15, 0.2) is 0 Å². The number of rotatable bonds is 2. The van der Waals surface area contributed by atoms with Crippen LogP contribution in [0.1, 0.15) is 33.3 Å². The summed E-state index contributed by atoms with van der Waals surface area (Å²) >= 11 is 0. The van der Waals surface area contributed by atoms with E-state index in [4.69, 9.17) is 9.31 Å². The molecule has 0 aliphatic carbocycles. The minimum Gasteiger partial charge on any atom is -0.534 e. The van der Waals surface area contributed by atoms with Crippen molar-refractivity contribution in [3.05, 3.63) is 36.4 Å².